The first kappa shape index (κ1) is 23.5. The standard InChI is InChI=1S/C26H25FN4O2S/c1-18(28-25(32)21-10-8-20(9-11-21)19-6-4-3-5-7-19)24-29-30-26(31(24)2)34-17-16-33-23-14-12-22(27)13-15-23/h3-15,18H,16-17H2,1-2H3,(H,28,32)/t18-/m0/s1. The summed E-state index contributed by atoms with van der Waals surface area (Å²) in [5, 5.41) is 12.2. The number of nitrogens with one attached hydrogen (secondary N) is 1. The third-order valence-electron chi connectivity index (χ3n) is 5.25. The average molecular weight is 477 g/mol. The molecule has 34 heavy (non-hydrogen) atoms. The predicted molar refractivity (Wildman–Crippen MR) is 131 cm³/mol. The minimum atomic E-state index is -0.316. The molecule has 1 aromatic heterocycles. The lowest BCUT2D eigenvalue weighted by Gasteiger charge is -2.14. The van der Waals surface area contributed by atoms with Crippen LogP contribution in [0, 0.1) is 5.82 Å². The summed E-state index contributed by atoms with van der Waals surface area (Å²) in [7, 11) is 1.87. The summed E-state index contributed by atoms with van der Waals surface area (Å²) < 4.78 is 20.4. The molecular weight excluding hydrogens is 451 g/mol. The number of hydrogen-bond donors (Lipinski definition) is 1. The van der Waals surface area contributed by atoms with E-state index in [-0.39, 0.29) is 17.8 Å². The quantitative estimate of drug-likeness (QED) is 0.263. The van der Waals surface area contributed by atoms with Crippen LogP contribution < -0.4 is 10.1 Å². The van der Waals surface area contributed by atoms with Crippen molar-refractivity contribution in [3.63, 3.8) is 0 Å². The number of thioether (sulfide) groups is 1. The first-order valence-corrected chi connectivity index (χ1v) is 11.9. The highest BCUT2D eigenvalue weighted by Gasteiger charge is 2.18. The summed E-state index contributed by atoms with van der Waals surface area (Å²) in [6, 6.07) is 23.2. The van der Waals surface area contributed by atoms with Crippen molar-refractivity contribution in [1.29, 1.82) is 0 Å². The van der Waals surface area contributed by atoms with E-state index in [2.05, 4.69) is 15.5 Å². The van der Waals surface area contributed by atoms with Crippen molar-refractivity contribution in [2.24, 2.45) is 7.05 Å². The minimum absolute atomic E-state index is 0.169. The maximum atomic E-state index is 13.0. The zero-order chi connectivity index (χ0) is 23.9. The number of carbonyl (C=O) groups is 1. The summed E-state index contributed by atoms with van der Waals surface area (Å²) >= 11 is 1.50. The molecule has 1 amide bonds. The maximum Gasteiger partial charge on any atom is 0.251 e. The van der Waals surface area contributed by atoms with Crippen LogP contribution in [0.2, 0.25) is 0 Å². The Morgan fingerprint density at radius 3 is 2.38 bits per heavy atom. The number of aromatic nitrogens is 3. The summed E-state index contributed by atoms with van der Waals surface area (Å²) in [6.45, 7) is 2.33. The van der Waals surface area contributed by atoms with Crippen LogP contribution in [0.1, 0.15) is 29.1 Å². The molecule has 0 bridgehead atoms. The monoisotopic (exact) mass is 476 g/mol. The molecule has 1 heterocycles. The number of benzene rings is 3. The lowest BCUT2D eigenvalue weighted by atomic mass is 10.0. The topological polar surface area (TPSA) is 69.0 Å². The van der Waals surface area contributed by atoms with Gasteiger partial charge >= 0.3 is 0 Å². The SMILES string of the molecule is C[C@H](NC(=O)c1ccc(-c2ccccc2)cc1)c1nnc(SCCOc2ccc(F)cc2)n1C. The third-order valence-corrected chi connectivity index (χ3v) is 6.24. The van der Waals surface area contributed by atoms with Crippen molar-refractivity contribution in [1.82, 2.24) is 20.1 Å². The molecule has 0 saturated carbocycles. The first-order chi connectivity index (χ1) is 16.5. The van der Waals surface area contributed by atoms with E-state index in [9.17, 15) is 9.18 Å². The van der Waals surface area contributed by atoms with Crippen molar-refractivity contribution in [2.75, 3.05) is 12.4 Å². The fourth-order valence-corrected chi connectivity index (χ4v) is 4.18. The fourth-order valence-electron chi connectivity index (χ4n) is 3.44. The lowest BCUT2D eigenvalue weighted by molar-refractivity contribution is 0.0937. The summed E-state index contributed by atoms with van der Waals surface area (Å²) in [6.07, 6.45) is 0. The molecule has 3 aromatic carbocycles. The van der Waals surface area contributed by atoms with Gasteiger partial charge in [-0.05, 0) is 54.4 Å². The van der Waals surface area contributed by atoms with Gasteiger partial charge in [-0.15, -0.1) is 10.2 Å². The van der Waals surface area contributed by atoms with Crippen molar-refractivity contribution < 1.29 is 13.9 Å². The molecule has 0 spiro atoms. The van der Waals surface area contributed by atoms with E-state index in [1.807, 2.05) is 73.1 Å². The molecule has 4 rings (SSSR count). The van der Waals surface area contributed by atoms with Gasteiger partial charge in [0.25, 0.3) is 5.91 Å². The predicted octanol–water partition coefficient (Wildman–Crippen LogP) is 5.28. The van der Waals surface area contributed by atoms with Gasteiger partial charge in [-0.3, -0.25) is 4.79 Å². The average Bonchev–Trinajstić information content (AvgIpc) is 3.23. The maximum absolute atomic E-state index is 13.0. The molecule has 0 aliphatic heterocycles. The molecule has 0 aliphatic carbocycles. The number of amides is 1. The smallest absolute Gasteiger partial charge is 0.251 e. The van der Waals surface area contributed by atoms with E-state index in [0.29, 0.717) is 29.5 Å². The highest BCUT2D eigenvalue weighted by molar-refractivity contribution is 7.99. The molecule has 0 fully saturated rings. The number of carbonyl (C=O) groups excluding carboxylic acids is 1. The second-order valence-corrected chi connectivity index (χ2v) is 8.75. The van der Waals surface area contributed by atoms with Crippen molar-refractivity contribution in [3.05, 3.63) is 96.1 Å². The van der Waals surface area contributed by atoms with Gasteiger partial charge in [0.05, 0.1) is 12.6 Å². The van der Waals surface area contributed by atoms with Crippen molar-refractivity contribution in [2.45, 2.75) is 18.1 Å². The Hall–Kier alpha value is -3.65. The summed E-state index contributed by atoms with van der Waals surface area (Å²) in [5.74, 6) is 1.47. The van der Waals surface area contributed by atoms with Gasteiger partial charge in [-0.25, -0.2) is 4.39 Å². The van der Waals surface area contributed by atoms with Crippen LogP contribution in [0.25, 0.3) is 11.1 Å². The van der Waals surface area contributed by atoms with Crippen LogP contribution in [0.4, 0.5) is 4.39 Å². The molecule has 1 atom stereocenters. The second kappa shape index (κ2) is 11.0. The number of hydrogen-bond acceptors (Lipinski definition) is 5. The number of halogens is 1. The van der Waals surface area contributed by atoms with Crippen LogP contribution >= 0.6 is 11.8 Å². The van der Waals surface area contributed by atoms with E-state index in [4.69, 9.17) is 4.74 Å². The Balaban J connectivity index is 1.30. The van der Waals surface area contributed by atoms with Crippen LogP contribution in [0.3, 0.4) is 0 Å². The van der Waals surface area contributed by atoms with Crippen molar-refractivity contribution in [3.8, 4) is 16.9 Å². The molecule has 174 valence electrons. The Kier molecular flexibility index (Phi) is 7.59. The molecule has 6 nitrogen and oxygen atoms in total. The normalized spacial score (nSPS) is 11.7. The third kappa shape index (κ3) is 5.82. The van der Waals surface area contributed by atoms with Crippen LogP contribution in [0.15, 0.2) is 84.0 Å². The zero-order valence-corrected chi connectivity index (χ0v) is 19.8. The second-order valence-electron chi connectivity index (χ2n) is 7.69. The van der Waals surface area contributed by atoms with Gasteiger partial charge in [0, 0.05) is 18.4 Å². The molecule has 1 N–H and O–H groups in total. The highest BCUT2D eigenvalue weighted by atomic mass is 32.2. The number of ether oxygens (including phenoxy) is 1. The van der Waals surface area contributed by atoms with E-state index >= 15 is 0 Å². The van der Waals surface area contributed by atoms with Gasteiger partial charge in [0.1, 0.15) is 11.6 Å². The summed E-state index contributed by atoms with van der Waals surface area (Å²) in [5.41, 5.74) is 2.75. The number of rotatable bonds is 9. The van der Waals surface area contributed by atoms with Crippen LogP contribution in [-0.4, -0.2) is 33.0 Å². The molecule has 8 heteroatoms. The van der Waals surface area contributed by atoms with Gasteiger partial charge in [-0.1, -0.05) is 54.2 Å². The Morgan fingerprint density at radius 1 is 1.00 bits per heavy atom. The lowest BCUT2D eigenvalue weighted by Crippen LogP contribution is -2.28. The van der Waals surface area contributed by atoms with E-state index in [1.165, 1.54) is 23.9 Å². The van der Waals surface area contributed by atoms with Gasteiger partial charge < -0.3 is 14.6 Å². The zero-order valence-electron chi connectivity index (χ0n) is 18.9. The molecule has 0 aliphatic rings. The molecule has 0 unspecified atom stereocenters. The van der Waals surface area contributed by atoms with Crippen molar-refractivity contribution >= 4 is 17.7 Å². The van der Waals surface area contributed by atoms with Gasteiger partial charge in [-0.2, -0.15) is 0 Å². The van der Waals surface area contributed by atoms with Crippen LogP contribution in [0.5, 0.6) is 5.75 Å². The molecule has 0 saturated heterocycles. The van der Waals surface area contributed by atoms with E-state index in [1.54, 1.807) is 12.1 Å². The van der Waals surface area contributed by atoms with Crippen LogP contribution in [-0.2, 0) is 7.05 Å². The Bertz CT molecular complexity index is 1230. The van der Waals surface area contributed by atoms with Gasteiger partial charge in [0.2, 0.25) is 0 Å². The highest BCUT2D eigenvalue weighted by Crippen LogP contribution is 2.21. The Labute approximate surface area is 202 Å². The first-order valence-electron chi connectivity index (χ1n) is 10.9. The number of nitrogens with zero attached hydrogens (tertiary/aromatic N) is 3. The van der Waals surface area contributed by atoms with E-state index < -0.39 is 0 Å². The molecule has 0 radical (unpaired) electrons. The minimum Gasteiger partial charge on any atom is -0.493 e. The largest absolute Gasteiger partial charge is 0.493 e. The fraction of sp³-hybridized carbons (Fsp3) is 0.192. The van der Waals surface area contributed by atoms with E-state index in [0.717, 1.165) is 16.3 Å². The summed E-state index contributed by atoms with van der Waals surface area (Å²) in [4.78, 5) is 12.7. The Morgan fingerprint density at radius 2 is 1.68 bits per heavy atom. The van der Waals surface area contributed by atoms with Gasteiger partial charge in [0.15, 0.2) is 11.0 Å². The molecule has 4 aromatic rings. The molecular formula is C26H25FN4O2S.